The lowest BCUT2D eigenvalue weighted by molar-refractivity contribution is -0.148. The molecule has 0 spiro atoms. The van der Waals surface area contributed by atoms with Crippen LogP contribution in [-0.4, -0.2) is 35.5 Å². The Labute approximate surface area is 182 Å². The van der Waals surface area contributed by atoms with E-state index in [1.807, 2.05) is 55.5 Å². The summed E-state index contributed by atoms with van der Waals surface area (Å²) in [6, 6.07) is 17.7. The topological polar surface area (TPSA) is 64.8 Å². The first kappa shape index (κ1) is 21.1. The van der Waals surface area contributed by atoms with Gasteiger partial charge in [-0.1, -0.05) is 36.8 Å². The molecule has 1 saturated heterocycles. The van der Waals surface area contributed by atoms with Gasteiger partial charge >= 0.3 is 5.97 Å². The standard InChI is InChI=1S/C25H28N2O4/c1-18-22(26-24(31-18)20-10-4-3-5-11-20)17-30-21-12-8-9-19(15-21)16-27-14-7-6-13-23(27)25(28)29-2/h3-5,8-12,15,23H,6-7,13-14,16-17H2,1-2H3/t23-/m1/s1. The second-order valence-corrected chi connectivity index (χ2v) is 7.83. The maximum Gasteiger partial charge on any atom is 0.323 e. The van der Waals surface area contributed by atoms with Gasteiger partial charge in [-0.15, -0.1) is 0 Å². The van der Waals surface area contributed by atoms with E-state index in [1.165, 1.54) is 7.11 Å². The lowest BCUT2D eigenvalue weighted by atomic mass is 10.0. The third-order valence-corrected chi connectivity index (χ3v) is 5.66. The molecule has 0 saturated carbocycles. The minimum atomic E-state index is -0.169. The molecule has 4 rings (SSSR count). The predicted molar refractivity (Wildman–Crippen MR) is 118 cm³/mol. The van der Waals surface area contributed by atoms with Crippen LogP contribution in [0.2, 0.25) is 0 Å². The van der Waals surface area contributed by atoms with Gasteiger partial charge < -0.3 is 13.9 Å². The van der Waals surface area contributed by atoms with Crippen molar-refractivity contribution in [3.05, 3.63) is 71.6 Å². The zero-order chi connectivity index (χ0) is 21.6. The molecule has 2 heterocycles. The Hall–Kier alpha value is -3.12. The first-order valence-corrected chi connectivity index (χ1v) is 10.7. The van der Waals surface area contributed by atoms with Crippen molar-refractivity contribution in [1.82, 2.24) is 9.88 Å². The number of methoxy groups -OCH3 is 1. The fourth-order valence-electron chi connectivity index (χ4n) is 3.97. The normalized spacial score (nSPS) is 16.8. The number of aromatic nitrogens is 1. The Bertz CT molecular complexity index is 1020. The molecule has 6 nitrogen and oxygen atoms in total. The minimum Gasteiger partial charge on any atom is -0.487 e. The van der Waals surface area contributed by atoms with E-state index in [1.54, 1.807) is 0 Å². The predicted octanol–water partition coefficient (Wildman–Crippen LogP) is 4.76. The highest BCUT2D eigenvalue weighted by molar-refractivity contribution is 5.75. The molecule has 31 heavy (non-hydrogen) atoms. The molecule has 1 aliphatic rings. The van der Waals surface area contributed by atoms with Crippen molar-refractivity contribution in [3.8, 4) is 17.2 Å². The maximum atomic E-state index is 12.1. The van der Waals surface area contributed by atoms with Crippen molar-refractivity contribution in [2.24, 2.45) is 0 Å². The summed E-state index contributed by atoms with van der Waals surface area (Å²) in [6.07, 6.45) is 3.00. The molecule has 1 aliphatic heterocycles. The summed E-state index contributed by atoms with van der Waals surface area (Å²) < 4.78 is 16.8. The van der Waals surface area contributed by atoms with E-state index in [0.717, 1.165) is 54.1 Å². The summed E-state index contributed by atoms with van der Waals surface area (Å²) >= 11 is 0. The molecular formula is C25H28N2O4. The Balaban J connectivity index is 1.41. The van der Waals surface area contributed by atoms with Gasteiger partial charge in [-0.25, -0.2) is 4.98 Å². The Morgan fingerprint density at radius 3 is 2.81 bits per heavy atom. The maximum absolute atomic E-state index is 12.1. The van der Waals surface area contributed by atoms with Gasteiger partial charge in [0.05, 0.1) is 7.11 Å². The number of likely N-dealkylation sites (tertiary alicyclic amines) is 1. The Kier molecular flexibility index (Phi) is 6.67. The lowest BCUT2D eigenvalue weighted by Gasteiger charge is -2.33. The van der Waals surface area contributed by atoms with Crippen molar-refractivity contribution < 1.29 is 18.7 Å². The number of carbonyl (C=O) groups is 1. The average molecular weight is 421 g/mol. The number of piperidine rings is 1. The van der Waals surface area contributed by atoms with Crippen LogP contribution in [0.4, 0.5) is 0 Å². The van der Waals surface area contributed by atoms with Gasteiger partial charge in [0, 0.05) is 12.1 Å². The molecule has 3 aromatic rings. The summed E-state index contributed by atoms with van der Waals surface area (Å²) in [6.45, 7) is 3.82. The number of rotatable bonds is 7. The molecule has 6 heteroatoms. The van der Waals surface area contributed by atoms with Crippen LogP contribution in [-0.2, 0) is 22.7 Å². The average Bonchev–Trinajstić information content (AvgIpc) is 3.19. The van der Waals surface area contributed by atoms with Crippen molar-refractivity contribution in [1.29, 1.82) is 0 Å². The highest BCUT2D eigenvalue weighted by atomic mass is 16.5. The van der Waals surface area contributed by atoms with Crippen LogP contribution in [0.3, 0.4) is 0 Å². The van der Waals surface area contributed by atoms with Crippen LogP contribution in [0.1, 0.15) is 36.3 Å². The number of carbonyl (C=O) groups excluding carboxylic acids is 1. The zero-order valence-electron chi connectivity index (χ0n) is 18.0. The number of oxazole rings is 1. The van der Waals surface area contributed by atoms with Gasteiger partial charge in [-0.05, 0) is 56.1 Å². The van der Waals surface area contributed by atoms with Crippen molar-refractivity contribution in [2.45, 2.75) is 45.4 Å². The Morgan fingerprint density at radius 2 is 2.00 bits per heavy atom. The summed E-state index contributed by atoms with van der Waals surface area (Å²) in [5.41, 5.74) is 2.83. The molecule has 1 fully saturated rings. The molecule has 1 aromatic heterocycles. The second kappa shape index (κ2) is 9.79. The summed E-state index contributed by atoms with van der Waals surface area (Å²) in [4.78, 5) is 18.9. The first-order valence-electron chi connectivity index (χ1n) is 10.7. The number of aryl methyl sites for hydroxylation is 1. The monoisotopic (exact) mass is 420 g/mol. The molecule has 0 aliphatic carbocycles. The molecule has 0 radical (unpaired) electrons. The highest BCUT2D eigenvalue weighted by Crippen LogP contribution is 2.25. The van der Waals surface area contributed by atoms with Crippen LogP contribution in [0.5, 0.6) is 5.75 Å². The lowest BCUT2D eigenvalue weighted by Crippen LogP contribution is -2.44. The van der Waals surface area contributed by atoms with E-state index in [4.69, 9.17) is 13.9 Å². The van der Waals surface area contributed by atoms with Crippen molar-refractivity contribution >= 4 is 5.97 Å². The Morgan fingerprint density at radius 1 is 1.16 bits per heavy atom. The van der Waals surface area contributed by atoms with Gasteiger partial charge in [0.1, 0.15) is 29.9 Å². The third kappa shape index (κ3) is 5.14. The van der Waals surface area contributed by atoms with Gasteiger partial charge in [0.15, 0.2) is 0 Å². The largest absolute Gasteiger partial charge is 0.487 e. The smallest absolute Gasteiger partial charge is 0.323 e. The van der Waals surface area contributed by atoms with E-state index in [0.29, 0.717) is 19.0 Å². The van der Waals surface area contributed by atoms with E-state index in [-0.39, 0.29) is 12.0 Å². The van der Waals surface area contributed by atoms with Crippen molar-refractivity contribution in [2.75, 3.05) is 13.7 Å². The second-order valence-electron chi connectivity index (χ2n) is 7.83. The number of ether oxygens (including phenoxy) is 2. The van der Waals surface area contributed by atoms with Crippen molar-refractivity contribution in [3.63, 3.8) is 0 Å². The summed E-state index contributed by atoms with van der Waals surface area (Å²) in [5.74, 6) is 1.98. The third-order valence-electron chi connectivity index (χ3n) is 5.66. The minimum absolute atomic E-state index is 0.150. The molecule has 0 N–H and O–H groups in total. The van der Waals surface area contributed by atoms with E-state index in [2.05, 4.69) is 16.0 Å². The number of benzene rings is 2. The molecular weight excluding hydrogens is 392 g/mol. The van der Waals surface area contributed by atoms with Crippen LogP contribution in [0.15, 0.2) is 59.0 Å². The molecule has 0 bridgehead atoms. The summed E-state index contributed by atoms with van der Waals surface area (Å²) in [5, 5.41) is 0. The van der Waals surface area contributed by atoms with Gasteiger partial charge in [-0.2, -0.15) is 0 Å². The fourth-order valence-corrected chi connectivity index (χ4v) is 3.97. The first-order chi connectivity index (χ1) is 15.1. The molecule has 0 unspecified atom stereocenters. The van der Waals surface area contributed by atoms with Crippen LogP contribution >= 0.6 is 0 Å². The summed E-state index contributed by atoms with van der Waals surface area (Å²) in [7, 11) is 1.46. The van der Waals surface area contributed by atoms with Crippen LogP contribution in [0.25, 0.3) is 11.5 Å². The number of hydrogen-bond acceptors (Lipinski definition) is 6. The van der Waals surface area contributed by atoms with Crippen LogP contribution in [0, 0.1) is 6.92 Å². The number of esters is 1. The van der Waals surface area contributed by atoms with E-state index in [9.17, 15) is 4.79 Å². The molecule has 0 amide bonds. The zero-order valence-corrected chi connectivity index (χ0v) is 18.0. The van der Waals surface area contributed by atoms with Gasteiger partial charge in [-0.3, -0.25) is 9.69 Å². The quantitative estimate of drug-likeness (QED) is 0.514. The highest BCUT2D eigenvalue weighted by Gasteiger charge is 2.29. The SMILES string of the molecule is COC(=O)[C@H]1CCCCN1Cc1cccc(OCc2nc(-c3ccccc3)oc2C)c1. The van der Waals surface area contributed by atoms with Gasteiger partial charge in [0.2, 0.25) is 5.89 Å². The van der Waals surface area contributed by atoms with E-state index < -0.39 is 0 Å². The van der Waals surface area contributed by atoms with E-state index >= 15 is 0 Å². The van der Waals surface area contributed by atoms with Crippen LogP contribution < -0.4 is 4.74 Å². The molecule has 1 atom stereocenters. The molecule has 162 valence electrons. The molecule has 2 aromatic carbocycles. The number of nitrogens with zero attached hydrogens (tertiary/aromatic N) is 2. The van der Waals surface area contributed by atoms with Gasteiger partial charge in [0.25, 0.3) is 0 Å². The fraction of sp³-hybridized carbons (Fsp3) is 0.360. The number of hydrogen-bond donors (Lipinski definition) is 0.